The normalized spacial score (nSPS) is 12.5. The van der Waals surface area contributed by atoms with Crippen molar-refractivity contribution >= 4 is 17.8 Å². The second kappa shape index (κ2) is 6.84. The van der Waals surface area contributed by atoms with Crippen LogP contribution in [0.2, 0.25) is 0 Å². The number of nitro benzene ring substituents is 1. The van der Waals surface area contributed by atoms with Gasteiger partial charge in [0.25, 0.3) is 5.69 Å². The molecule has 0 N–H and O–H groups in total. The van der Waals surface area contributed by atoms with Crippen molar-refractivity contribution in [3.8, 4) is 0 Å². The van der Waals surface area contributed by atoms with E-state index in [1.165, 1.54) is 17.7 Å². The van der Waals surface area contributed by atoms with E-state index in [0.29, 0.717) is 5.92 Å². The molecule has 0 bridgehead atoms. The van der Waals surface area contributed by atoms with Crippen LogP contribution in [0.1, 0.15) is 42.9 Å². The number of non-ortho nitro benzene ring substituents is 1. The van der Waals surface area contributed by atoms with Crippen molar-refractivity contribution in [2.24, 2.45) is 0 Å². The van der Waals surface area contributed by atoms with Gasteiger partial charge in [-0.1, -0.05) is 50.3 Å². The summed E-state index contributed by atoms with van der Waals surface area (Å²) in [4.78, 5) is 10.2. The van der Waals surface area contributed by atoms with Crippen LogP contribution in [0.5, 0.6) is 0 Å². The average Bonchev–Trinajstić information content (AvgIpc) is 2.53. The molecule has 3 nitrogen and oxygen atoms in total. The van der Waals surface area contributed by atoms with Crippen LogP contribution >= 0.6 is 0 Å². The van der Waals surface area contributed by atoms with Crippen LogP contribution in [-0.2, 0) is 0 Å². The molecule has 0 spiro atoms. The number of benzene rings is 2. The van der Waals surface area contributed by atoms with Gasteiger partial charge in [0.15, 0.2) is 0 Å². The first-order valence-corrected chi connectivity index (χ1v) is 7.12. The second-order valence-corrected chi connectivity index (χ2v) is 5.16. The molecule has 2 aromatic carbocycles. The molecule has 2 aromatic rings. The molecule has 3 heteroatoms. The summed E-state index contributed by atoms with van der Waals surface area (Å²) in [6.07, 6.45) is 5.11. The summed E-state index contributed by atoms with van der Waals surface area (Å²) in [5.74, 6) is 0.581. The van der Waals surface area contributed by atoms with Crippen LogP contribution in [0, 0.1) is 10.1 Å². The van der Waals surface area contributed by atoms with Gasteiger partial charge in [0.05, 0.1) is 4.92 Å². The van der Waals surface area contributed by atoms with Crippen molar-refractivity contribution in [2.75, 3.05) is 0 Å². The van der Waals surface area contributed by atoms with Crippen molar-refractivity contribution in [2.45, 2.75) is 26.2 Å². The molecule has 0 fully saturated rings. The van der Waals surface area contributed by atoms with Crippen molar-refractivity contribution in [3.05, 3.63) is 75.3 Å². The molecule has 0 aliphatic carbocycles. The Morgan fingerprint density at radius 2 is 1.48 bits per heavy atom. The first-order chi connectivity index (χ1) is 10.1. The zero-order valence-corrected chi connectivity index (χ0v) is 12.3. The summed E-state index contributed by atoms with van der Waals surface area (Å²) in [6, 6.07) is 15.1. The largest absolute Gasteiger partial charge is 0.269 e. The summed E-state index contributed by atoms with van der Waals surface area (Å²) >= 11 is 0. The molecular formula is C18H19NO2. The van der Waals surface area contributed by atoms with Crippen molar-refractivity contribution in [3.63, 3.8) is 0 Å². The highest BCUT2D eigenvalue weighted by Gasteiger charge is 2.03. The van der Waals surface area contributed by atoms with Crippen molar-refractivity contribution < 1.29 is 4.92 Å². The van der Waals surface area contributed by atoms with Gasteiger partial charge in [-0.25, -0.2) is 0 Å². The minimum Gasteiger partial charge on any atom is -0.258 e. The number of hydrogen-bond donors (Lipinski definition) is 0. The first kappa shape index (κ1) is 15.0. The molecule has 0 aliphatic rings. The third kappa shape index (κ3) is 4.02. The number of nitro groups is 1. The lowest BCUT2D eigenvalue weighted by molar-refractivity contribution is -0.384. The Kier molecular flexibility index (Phi) is 4.88. The van der Waals surface area contributed by atoms with E-state index < -0.39 is 0 Å². The Morgan fingerprint density at radius 3 is 1.90 bits per heavy atom. The van der Waals surface area contributed by atoms with E-state index >= 15 is 0 Å². The van der Waals surface area contributed by atoms with E-state index in [9.17, 15) is 10.1 Å². The third-order valence-electron chi connectivity index (χ3n) is 3.69. The van der Waals surface area contributed by atoms with Gasteiger partial charge in [0, 0.05) is 12.1 Å². The van der Waals surface area contributed by atoms with Crippen LogP contribution in [0.4, 0.5) is 5.69 Å². The van der Waals surface area contributed by atoms with Gasteiger partial charge < -0.3 is 0 Å². The molecule has 0 amide bonds. The molecular weight excluding hydrogens is 262 g/mol. The topological polar surface area (TPSA) is 43.1 Å². The standard InChI is InChI=1S/C18H19NO2/c1-3-14(2)17-10-6-15(7-11-17)4-5-16-8-12-18(13-9-16)19(20)21/h4-14H,3H2,1-2H3/b5-4+. The molecule has 21 heavy (non-hydrogen) atoms. The fourth-order valence-electron chi connectivity index (χ4n) is 2.07. The Bertz CT molecular complexity index is 627. The summed E-state index contributed by atoms with van der Waals surface area (Å²) in [5, 5.41) is 10.6. The van der Waals surface area contributed by atoms with Crippen LogP contribution in [0.25, 0.3) is 12.2 Å². The number of rotatable bonds is 5. The smallest absolute Gasteiger partial charge is 0.258 e. The lowest BCUT2D eigenvalue weighted by Crippen LogP contribution is -1.90. The molecule has 0 aliphatic heterocycles. The van der Waals surface area contributed by atoms with Crippen LogP contribution in [0.3, 0.4) is 0 Å². The highest BCUT2D eigenvalue weighted by atomic mass is 16.6. The fraction of sp³-hybridized carbons (Fsp3) is 0.222. The van der Waals surface area contributed by atoms with Crippen LogP contribution < -0.4 is 0 Å². The molecule has 108 valence electrons. The maximum Gasteiger partial charge on any atom is 0.269 e. The van der Waals surface area contributed by atoms with Crippen LogP contribution in [0.15, 0.2) is 48.5 Å². The van der Waals surface area contributed by atoms with Gasteiger partial charge in [-0.15, -0.1) is 0 Å². The molecule has 1 atom stereocenters. The fourth-order valence-corrected chi connectivity index (χ4v) is 2.07. The van der Waals surface area contributed by atoms with Gasteiger partial charge in [-0.2, -0.15) is 0 Å². The second-order valence-electron chi connectivity index (χ2n) is 5.16. The lowest BCUT2D eigenvalue weighted by Gasteiger charge is -2.08. The molecule has 1 unspecified atom stereocenters. The average molecular weight is 281 g/mol. The van der Waals surface area contributed by atoms with E-state index in [1.54, 1.807) is 12.1 Å². The van der Waals surface area contributed by atoms with Gasteiger partial charge in [0.1, 0.15) is 0 Å². The van der Waals surface area contributed by atoms with E-state index in [1.807, 2.05) is 12.2 Å². The maximum absolute atomic E-state index is 10.6. The Labute approximate surface area is 125 Å². The molecule has 0 heterocycles. The molecule has 0 aromatic heterocycles. The third-order valence-corrected chi connectivity index (χ3v) is 3.69. The highest BCUT2D eigenvalue weighted by molar-refractivity contribution is 5.70. The Balaban J connectivity index is 2.08. The van der Waals surface area contributed by atoms with E-state index in [0.717, 1.165) is 17.5 Å². The Hall–Kier alpha value is -2.42. The van der Waals surface area contributed by atoms with E-state index in [2.05, 4.69) is 38.1 Å². The summed E-state index contributed by atoms with van der Waals surface area (Å²) in [5.41, 5.74) is 3.54. The molecule has 0 saturated carbocycles. The lowest BCUT2D eigenvalue weighted by atomic mass is 9.97. The van der Waals surface area contributed by atoms with Crippen molar-refractivity contribution in [1.82, 2.24) is 0 Å². The predicted octanol–water partition coefficient (Wildman–Crippen LogP) is 5.28. The van der Waals surface area contributed by atoms with Gasteiger partial charge in [-0.3, -0.25) is 10.1 Å². The SMILES string of the molecule is CCC(C)c1ccc(/C=C/c2ccc([N+](=O)[O-])cc2)cc1. The van der Waals surface area contributed by atoms with Gasteiger partial charge in [-0.05, 0) is 41.2 Å². The minimum atomic E-state index is -0.388. The number of nitrogens with zero attached hydrogens (tertiary/aromatic N) is 1. The van der Waals surface area contributed by atoms with Gasteiger partial charge >= 0.3 is 0 Å². The highest BCUT2D eigenvalue weighted by Crippen LogP contribution is 2.20. The monoisotopic (exact) mass is 281 g/mol. The molecule has 0 radical (unpaired) electrons. The van der Waals surface area contributed by atoms with E-state index in [-0.39, 0.29) is 10.6 Å². The van der Waals surface area contributed by atoms with Crippen LogP contribution in [-0.4, -0.2) is 4.92 Å². The summed E-state index contributed by atoms with van der Waals surface area (Å²) < 4.78 is 0. The summed E-state index contributed by atoms with van der Waals surface area (Å²) in [7, 11) is 0. The maximum atomic E-state index is 10.6. The van der Waals surface area contributed by atoms with E-state index in [4.69, 9.17) is 0 Å². The number of hydrogen-bond acceptors (Lipinski definition) is 2. The minimum absolute atomic E-state index is 0.116. The quantitative estimate of drug-likeness (QED) is 0.425. The molecule has 0 saturated heterocycles. The predicted molar refractivity (Wildman–Crippen MR) is 87.2 cm³/mol. The zero-order valence-electron chi connectivity index (χ0n) is 12.3. The summed E-state index contributed by atoms with van der Waals surface area (Å²) in [6.45, 7) is 4.41. The first-order valence-electron chi connectivity index (χ1n) is 7.12. The Morgan fingerprint density at radius 1 is 1.00 bits per heavy atom. The molecule has 2 rings (SSSR count). The van der Waals surface area contributed by atoms with Crippen molar-refractivity contribution in [1.29, 1.82) is 0 Å². The zero-order chi connectivity index (χ0) is 15.2. The van der Waals surface area contributed by atoms with Gasteiger partial charge in [0.2, 0.25) is 0 Å².